The predicted molar refractivity (Wildman–Crippen MR) is 75.4 cm³/mol. The smallest absolute Gasteiger partial charge is 0.228 e. The quantitative estimate of drug-likeness (QED) is 0.847. The maximum atomic E-state index is 11.9. The second-order valence-electron chi connectivity index (χ2n) is 4.15. The van der Waals surface area contributed by atoms with E-state index in [0.29, 0.717) is 29.4 Å². The normalized spacial score (nSPS) is 19.2. The molecule has 1 N–H and O–H groups in total. The first-order chi connectivity index (χ1) is 8.47. The molecule has 1 saturated heterocycles. The Morgan fingerprint density at radius 1 is 1.56 bits per heavy atom. The minimum absolute atomic E-state index is 0.0192. The van der Waals surface area contributed by atoms with Gasteiger partial charge in [0.2, 0.25) is 11.8 Å². The highest BCUT2D eigenvalue weighted by Gasteiger charge is 2.30. The standard InChI is InChI=1S/C12H12BrClN2O2/c1-7(17)15-10-3-2-9(14)5-11(10)16-6-8(13)4-12(16)18/h2-3,5,8H,4,6H2,1H3,(H,15,17). The van der Waals surface area contributed by atoms with Crippen LogP contribution in [0.4, 0.5) is 11.4 Å². The van der Waals surface area contributed by atoms with Crippen molar-refractivity contribution in [1.82, 2.24) is 0 Å². The number of amides is 2. The number of hydrogen-bond donors (Lipinski definition) is 1. The molecule has 1 atom stereocenters. The molecule has 1 aliphatic rings. The monoisotopic (exact) mass is 330 g/mol. The number of anilines is 2. The lowest BCUT2D eigenvalue weighted by Gasteiger charge is -2.20. The summed E-state index contributed by atoms with van der Waals surface area (Å²) in [4.78, 5) is 24.8. The zero-order chi connectivity index (χ0) is 13.3. The third-order valence-electron chi connectivity index (χ3n) is 2.64. The van der Waals surface area contributed by atoms with Gasteiger partial charge >= 0.3 is 0 Å². The highest BCUT2D eigenvalue weighted by atomic mass is 79.9. The van der Waals surface area contributed by atoms with E-state index in [9.17, 15) is 9.59 Å². The minimum atomic E-state index is -0.180. The lowest BCUT2D eigenvalue weighted by Crippen LogP contribution is -2.26. The summed E-state index contributed by atoms with van der Waals surface area (Å²) in [7, 11) is 0. The third-order valence-corrected chi connectivity index (χ3v) is 3.49. The van der Waals surface area contributed by atoms with Crippen molar-refractivity contribution in [1.29, 1.82) is 0 Å². The van der Waals surface area contributed by atoms with Crippen molar-refractivity contribution < 1.29 is 9.59 Å². The largest absolute Gasteiger partial charge is 0.325 e. The lowest BCUT2D eigenvalue weighted by molar-refractivity contribution is -0.117. The fourth-order valence-corrected chi connectivity index (χ4v) is 2.65. The average molecular weight is 332 g/mol. The predicted octanol–water partition coefficient (Wildman–Crippen LogP) is 2.80. The number of nitrogens with one attached hydrogen (secondary N) is 1. The molecule has 0 radical (unpaired) electrons. The first-order valence-corrected chi connectivity index (χ1v) is 6.78. The molecule has 0 aromatic heterocycles. The van der Waals surface area contributed by atoms with E-state index in [-0.39, 0.29) is 16.6 Å². The van der Waals surface area contributed by atoms with Gasteiger partial charge in [-0.15, -0.1) is 0 Å². The Hall–Kier alpha value is -1.07. The molecule has 2 amide bonds. The molecule has 2 rings (SSSR count). The van der Waals surface area contributed by atoms with Crippen molar-refractivity contribution in [2.45, 2.75) is 18.2 Å². The van der Waals surface area contributed by atoms with Crippen LogP contribution >= 0.6 is 27.5 Å². The zero-order valence-electron chi connectivity index (χ0n) is 9.74. The second kappa shape index (κ2) is 5.28. The Morgan fingerprint density at radius 3 is 2.83 bits per heavy atom. The average Bonchev–Trinajstić information content (AvgIpc) is 2.60. The van der Waals surface area contributed by atoms with Gasteiger partial charge in [0.25, 0.3) is 0 Å². The number of hydrogen-bond acceptors (Lipinski definition) is 2. The molecule has 6 heteroatoms. The molecule has 1 unspecified atom stereocenters. The molecule has 1 aliphatic heterocycles. The molecule has 96 valence electrons. The highest BCUT2D eigenvalue weighted by Crippen LogP contribution is 2.33. The topological polar surface area (TPSA) is 49.4 Å². The van der Waals surface area contributed by atoms with Crippen LogP contribution in [0.2, 0.25) is 5.02 Å². The zero-order valence-corrected chi connectivity index (χ0v) is 12.1. The van der Waals surface area contributed by atoms with Crippen LogP contribution in [-0.2, 0) is 9.59 Å². The fraction of sp³-hybridized carbons (Fsp3) is 0.333. The van der Waals surface area contributed by atoms with Crippen molar-refractivity contribution in [3.05, 3.63) is 23.2 Å². The Labute approximate surface area is 118 Å². The number of rotatable bonds is 2. The van der Waals surface area contributed by atoms with Crippen LogP contribution in [-0.4, -0.2) is 23.2 Å². The second-order valence-corrected chi connectivity index (χ2v) is 5.88. The van der Waals surface area contributed by atoms with Crippen LogP contribution in [0.15, 0.2) is 18.2 Å². The summed E-state index contributed by atoms with van der Waals surface area (Å²) in [6.07, 6.45) is 0.450. The number of halogens is 2. The molecule has 4 nitrogen and oxygen atoms in total. The minimum Gasteiger partial charge on any atom is -0.325 e. The molecule has 18 heavy (non-hydrogen) atoms. The molecule has 0 bridgehead atoms. The van der Waals surface area contributed by atoms with Crippen LogP contribution < -0.4 is 10.2 Å². The Morgan fingerprint density at radius 2 is 2.28 bits per heavy atom. The number of nitrogens with zero attached hydrogens (tertiary/aromatic N) is 1. The van der Waals surface area contributed by atoms with E-state index in [1.807, 2.05) is 0 Å². The molecule has 1 fully saturated rings. The fourth-order valence-electron chi connectivity index (χ4n) is 1.92. The van der Waals surface area contributed by atoms with E-state index in [2.05, 4.69) is 21.2 Å². The molecule has 0 aliphatic carbocycles. The van der Waals surface area contributed by atoms with Gasteiger partial charge in [0, 0.05) is 29.7 Å². The maximum absolute atomic E-state index is 11.9. The van der Waals surface area contributed by atoms with Gasteiger partial charge in [0.05, 0.1) is 11.4 Å². The van der Waals surface area contributed by atoms with Gasteiger partial charge in [-0.05, 0) is 18.2 Å². The van der Waals surface area contributed by atoms with Crippen LogP contribution in [0.3, 0.4) is 0 Å². The van der Waals surface area contributed by atoms with Gasteiger partial charge < -0.3 is 10.2 Å². The summed E-state index contributed by atoms with van der Waals surface area (Å²) in [5, 5.41) is 3.24. The van der Waals surface area contributed by atoms with E-state index in [0.717, 1.165) is 0 Å². The molecular weight excluding hydrogens is 320 g/mol. The Kier molecular flexibility index (Phi) is 3.92. The number of carbonyl (C=O) groups excluding carboxylic acids is 2. The van der Waals surface area contributed by atoms with E-state index >= 15 is 0 Å². The van der Waals surface area contributed by atoms with Crippen molar-refractivity contribution in [3.63, 3.8) is 0 Å². The molecule has 1 aromatic carbocycles. The van der Waals surface area contributed by atoms with E-state index in [1.165, 1.54) is 6.92 Å². The Balaban J connectivity index is 2.38. The van der Waals surface area contributed by atoms with Crippen LogP contribution in [0.1, 0.15) is 13.3 Å². The van der Waals surface area contributed by atoms with Gasteiger partial charge in [-0.2, -0.15) is 0 Å². The first kappa shape index (κ1) is 13.4. The van der Waals surface area contributed by atoms with Crippen LogP contribution in [0.5, 0.6) is 0 Å². The summed E-state index contributed by atoms with van der Waals surface area (Å²) in [6, 6.07) is 5.08. The summed E-state index contributed by atoms with van der Waals surface area (Å²) >= 11 is 9.38. The Bertz CT molecular complexity index is 507. The SMILES string of the molecule is CC(=O)Nc1ccc(Cl)cc1N1CC(Br)CC1=O. The molecular formula is C12H12BrClN2O2. The summed E-state index contributed by atoms with van der Waals surface area (Å²) in [6.45, 7) is 2.00. The molecule has 1 aromatic rings. The first-order valence-electron chi connectivity index (χ1n) is 5.49. The van der Waals surface area contributed by atoms with E-state index in [4.69, 9.17) is 11.6 Å². The van der Waals surface area contributed by atoms with Crippen molar-refractivity contribution in [2.24, 2.45) is 0 Å². The van der Waals surface area contributed by atoms with Gasteiger partial charge in [-0.3, -0.25) is 9.59 Å². The molecule has 0 spiro atoms. The molecule has 0 saturated carbocycles. The van der Waals surface area contributed by atoms with Crippen LogP contribution in [0, 0.1) is 0 Å². The summed E-state index contributed by atoms with van der Waals surface area (Å²) in [5.41, 5.74) is 1.24. The summed E-state index contributed by atoms with van der Waals surface area (Å²) in [5.74, 6) is -0.161. The maximum Gasteiger partial charge on any atom is 0.228 e. The highest BCUT2D eigenvalue weighted by molar-refractivity contribution is 9.09. The third kappa shape index (κ3) is 2.84. The van der Waals surface area contributed by atoms with Gasteiger partial charge in [0.15, 0.2) is 0 Å². The number of carbonyl (C=O) groups is 2. The number of alkyl halides is 1. The van der Waals surface area contributed by atoms with Crippen molar-refractivity contribution >= 4 is 50.7 Å². The molecule has 1 heterocycles. The van der Waals surface area contributed by atoms with E-state index in [1.54, 1.807) is 23.1 Å². The summed E-state index contributed by atoms with van der Waals surface area (Å²) < 4.78 is 0. The lowest BCUT2D eigenvalue weighted by atomic mass is 10.2. The van der Waals surface area contributed by atoms with Gasteiger partial charge in [0.1, 0.15) is 0 Å². The van der Waals surface area contributed by atoms with Crippen molar-refractivity contribution in [2.75, 3.05) is 16.8 Å². The van der Waals surface area contributed by atoms with Crippen molar-refractivity contribution in [3.8, 4) is 0 Å². The van der Waals surface area contributed by atoms with Crippen LogP contribution in [0.25, 0.3) is 0 Å². The van der Waals surface area contributed by atoms with Gasteiger partial charge in [-0.25, -0.2) is 0 Å². The number of benzene rings is 1. The van der Waals surface area contributed by atoms with E-state index < -0.39 is 0 Å². The van der Waals surface area contributed by atoms with Gasteiger partial charge in [-0.1, -0.05) is 27.5 Å².